The second kappa shape index (κ2) is 8.15. The van der Waals surface area contributed by atoms with Crippen LogP contribution in [0.1, 0.15) is 22.8 Å². The van der Waals surface area contributed by atoms with Crippen LogP contribution in [-0.4, -0.2) is 31.3 Å². The van der Waals surface area contributed by atoms with E-state index in [1.165, 1.54) is 50.2 Å². The predicted molar refractivity (Wildman–Crippen MR) is 99.2 cm³/mol. The molecule has 0 saturated carbocycles. The minimum absolute atomic E-state index is 0.0607. The number of esters is 1. The van der Waals surface area contributed by atoms with E-state index in [-0.39, 0.29) is 21.8 Å². The normalized spacial score (nSPS) is 12.1. The number of primary sulfonamides is 1. The van der Waals surface area contributed by atoms with E-state index in [4.69, 9.17) is 9.88 Å². The molecule has 0 aromatic heterocycles. The van der Waals surface area contributed by atoms with Crippen LogP contribution >= 0.6 is 0 Å². The minimum Gasteiger partial charge on any atom is -0.449 e. The number of nitro groups is 1. The van der Waals surface area contributed by atoms with E-state index in [0.29, 0.717) is 5.56 Å². The molecule has 0 spiro atoms. The number of benzene rings is 2. The molecule has 28 heavy (non-hydrogen) atoms. The van der Waals surface area contributed by atoms with Gasteiger partial charge in [0.15, 0.2) is 6.10 Å². The van der Waals surface area contributed by atoms with E-state index in [1.54, 1.807) is 0 Å². The van der Waals surface area contributed by atoms with Crippen LogP contribution < -0.4 is 10.5 Å². The number of sulfonamides is 1. The number of carbonyl (C=O) groups is 2. The fraction of sp³-hybridized carbons (Fsp3) is 0.176. The Morgan fingerprint density at radius 3 is 2.32 bits per heavy atom. The summed E-state index contributed by atoms with van der Waals surface area (Å²) in [5, 5.41) is 18.4. The number of hydrogen-bond acceptors (Lipinski definition) is 7. The minimum atomic E-state index is -3.85. The molecule has 0 bridgehead atoms. The highest BCUT2D eigenvalue weighted by molar-refractivity contribution is 7.89. The number of nitrogens with zero attached hydrogens (tertiary/aromatic N) is 1. The number of carbonyl (C=O) groups excluding carboxylic acids is 2. The van der Waals surface area contributed by atoms with Gasteiger partial charge in [-0.2, -0.15) is 0 Å². The van der Waals surface area contributed by atoms with Gasteiger partial charge in [0.2, 0.25) is 10.0 Å². The molecule has 148 valence electrons. The average Bonchev–Trinajstić information content (AvgIpc) is 2.61. The van der Waals surface area contributed by atoms with E-state index in [9.17, 15) is 28.1 Å². The zero-order valence-electron chi connectivity index (χ0n) is 14.9. The van der Waals surface area contributed by atoms with Crippen LogP contribution in [0.5, 0.6) is 0 Å². The summed E-state index contributed by atoms with van der Waals surface area (Å²) in [4.78, 5) is 34.5. The fourth-order valence-electron chi connectivity index (χ4n) is 2.19. The number of anilines is 1. The van der Waals surface area contributed by atoms with E-state index in [2.05, 4.69) is 5.32 Å². The largest absolute Gasteiger partial charge is 0.449 e. The number of nitrogens with two attached hydrogens (primary N) is 1. The highest BCUT2D eigenvalue weighted by atomic mass is 32.2. The second-order valence-corrected chi connectivity index (χ2v) is 7.43. The molecule has 0 aliphatic carbocycles. The first-order valence-corrected chi connectivity index (χ1v) is 9.43. The molecule has 3 N–H and O–H groups in total. The van der Waals surface area contributed by atoms with Crippen molar-refractivity contribution < 1.29 is 27.7 Å². The number of nitro benzene ring substituents is 1. The van der Waals surface area contributed by atoms with Crippen molar-refractivity contribution in [3.05, 3.63) is 63.7 Å². The van der Waals surface area contributed by atoms with Crippen molar-refractivity contribution in [3.8, 4) is 0 Å². The van der Waals surface area contributed by atoms with Gasteiger partial charge in [0.05, 0.1) is 15.4 Å². The predicted octanol–water partition coefficient (Wildman–Crippen LogP) is 1.73. The smallest absolute Gasteiger partial charge is 0.339 e. The highest BCUT2D eigenvalue weighted by Crippen LogP contribution is 2.20. The van der Waals surface area contributed by atoms with Gasteiger partial charge in [-0.15, -0.1) is 0 Å². The molecule has 0 fully saturated rings. The molecule has 0 heterocycles. The SMILES string of the molecule is Cc1ccc(C(=O)O[C@H](C)C(=O)Nc2ccc(S(N)(=O)=O)cc2)cc1[N+](=O)[O-]. The topological polar surface area (TPSA) is 159 Å². The molecule has 2 aromatic rings. The second-order valence-electron chi connectivity index (χ2n) is 5.86. The lowest BCUT2D eigenvalue weighted by atomic mass is 10.1. The number of ether oxygens (including phenoxy) is 1. The Labute approximate surface area is 160 Å². The summed E-state index contributed by atoms with van der Waals surface area (Å²) in [7, 11) is -3.85. The van der Waals surface area contributed by atoms with Crippen molar-refractivity contribution in [2.75, 3.05) is 5.32 Å². The van der Waals surface area contributed by atoms with Gasteiger partial charge in [-0.3, -0.25) is 14.9 Å². The first-order chi connectivity index (χ1) is 13.0. The lowest BCUT2D eigenvalue weighted by Gasteiger charge is -2.14. The third kappa shape index (κ3) is 5.11. The van der Waals surface area contributed by atoms with Gasteiger partial charge in [0, 0.05) is 17.3 Å². The van der Waals surface area contributed by atoms with Gasteiger partial charge in [0.25, 0.3) is 11.6 Å². The first kappa shape index (κ1) is 21.0. The summed E-state index contributed by atoms with van der Waals surface area (Å²) in [6.45, 7) is 2.86. The van der Waals surface area contributed by atoms with Crippen molar-refractivity contribution >= 4 is 33.3 Å². The average molecular weight is 407 g/mol. The lowest BCUT2D eigenvalue weighted by molar-refractivity contribution is -0.385. The number of nitrogens with one attached hydrogen (secondary N) is 1. The highest BCUT2D eigenvalue weighted by Gasteiger charge is 2.21. The fourth-order valence-corrected chi connectivity index (χ4v) is 2.70. The summed E-state index contributed by atoms with van der Waals surface area (Å²) in [6.07, 6.45) is -1.20. The van der Waals surface area contributed by atoms with E-state index >= 15 is 0 Å². The lowest BCUT2D eigenvalue weighted by Crippen LogP contribution is -2.30. The Kier molecular flexibility index (Phi) is 6.11. The Morgan fingerprint density at radius 2 is 1.79 bits per heavy atom. The van der Waals surface area contributed by atoms with Crippen LogP contribution in [0.25, 0.3) is 0 Å². The summed E-state index contributed by atoms with van der Waals surface area (Å²) in [5.74, 6) is -1.56. The van der Waals surface area contributed by atoms with E-state index in [0.717, 1.165) is 6.07 Å². The summed E-state index contributed by atoms with van der Waals surface area (Å²) < 4.78 is 27.5. The molecule has 2 aromatic carbocycles. The number of amides is 1. The summed E-state index contributed by atoms with van der Waals surface area (Å²) in [5.41, 5.74) is 0.359. The Balaban J connectivity index is 2.05. The van der Waals surface area contributed by atoms with Crippen LogP contribution in [0.15, 0.2) is 47.4 Å². The quantitative estimate of drug-likeness (QED) is 0.419. The molecule has 2 rings (SSSR count). The molecular formula is C17H17N3O7S. The van der Waals surface area contributed by atoms with Crippen molar-refractivity contribution in [2.24, 2.45) is 5.14 Å². The maximum Gasteiger partial charge on any atom is 0.339 e. The Hall–Kier alpha value is -3.31. The van der Waals surface area contributed by atoms with Crippen LogP contribution in [0.3, 0.4) is 0 Å². The maximum absolute atomic E-state index is 12.2. The van der Waals surface area contributed by atoms with Gasteiger partial charge in [0.1, 0.15) is 0 Å². The van der Waals surface area contributed by atoms with Gasteiger partial charge >= 0.3 is 5.97 Å². The van der Waals surface area contributed by atoms with Crippen LogP contribution in [0.2, 0.25) is 0 Å². The molecule has 0 aliphatic rings. The molecule has 1 atom stereocenters. The van der Waals surface area contributed by atoms with Crippen molar-refractivity contribution in [3.63, 3.8) is 0 Å². The maximum atomic E-state index is 12.2. The summed E-state index contributed by atoms with van der Waals surface area (Å²) in [6, 6.07) is 8.94. The van der Waals surface area contributed by atoms with Gasteiger partial charge in [-0.25, -0.2) is 18.4 Å². The van der Waals surface area contributed by atoms with Crippen molar-refractivity contribution in [1.29, 1.82) is 0 Å². The monoisotopic (exact) mass is 407 g/mol. The molecule has 11 heteroatoms. The van der Waals surface area contributed by atoms with Gasteiger partial charge in [-0.1, -0.05) is 6.07 Å². The molecule has 0 unspecified atom stereocenters. The number of hydrogen-bond donors (Lipinski definition) is 2. The Morgan fingerprint density at radius 1 is 1.18 bits per heavy atom. The van der Waals surface area contributed by atoms with Crippen LogP contribution in [0.4, 0.5) is 11.4 Å². The van der Waals surface area contributed by atoms with E-state index < -0.39 is 32.9 Å². The third-order valence-electron chi connectivity index (χ3n) is 3.74. The number of aryl methyl sites for hydroxylation is 1. The zero-order chi connectivity index (χ0) is 21.1. The molecule has 0 radical (unpaired) electrons. The van der Waals surface area contributed by atoms with Crippen LogP contribution in [0, 0.1) is 17.0 Å². The van der Waals surface area contributed by atoms with Crippen molar-refractivity contribution in [1.82, 2.24) is 0 Å². The molecule has 0 saturated heterocycles. The van der Waals surface area contributed by atoms with E-state index in [1.807, 2.05) is 0 Å². The van der Waals surface area contributed by atoms with Gasteiger partial charge in [-0.05, 0) is 44.2 Å². The molecule has 1 amide bonds. The third-order valence-corrected chi connectivity index (χ3v) is 4.67. The molecular weight excluding hydrogens is 390 g/mol. The number of rotatable bonds is 6. The molecule has 0 aliphatic heterocycles. The standard InChI is InChI=1S/C17H17N3O7S/c1-10-3-4-12(9-15(10)20(23)24)17(22)27-11(2)16(21)19-13-5-7-14(8-6-13)28(18,25)26/h3-9,11H,1-2H3,(H,19,21)(H2,18,25,26)/t11-/m1/s1. The summed E-state index contributed by atoms with van der Waals surface area (Å²) >= 11 is 0. The Bertz CT molecular complexity index is 1030. The molecule has 10 nitrogen and oxygen atoms in total. The van der Waals surface area contributed by atoms with Crippen LogP contribution in [-0.2, 0) is 19.6 Å². The zero-order valence-corrected chi connectivity index (χ0v) is 15.7. The van der Waals surface area contributed by atoms with Crippen molar-refractivity contribution in [2.45, 2.75) is 24.8 Å². The van der Waals surface area contributed by atoms with Gasteiger partial charge < -0.3 is 10.1 Å². The first-order valence-electron chi connectivity index (χ1n) is 7.89.